The molecule has 0 saturated heterocycles. The third-order valence-electron chi connectivity index (χ3n) is 4.64. The van der Waals surface area contributed by atoms with E-state index in [4.69, 9.17) is 0 Å². The van der Waals surface area contributed by atoms with Crippen LogP contribution in [0, 0.1) is 6.92 Å². The third-order valence-corrected chi connectivity index (χ3v) is 6.34. The van der Waals surface area contributed by atoms with Gasteiger partial charge in [-0.2, -0.15) is 8.42 Å². The van der Waals surface area contributed by atoms with Gasteiger partial charge >= 0.3 is 0 Å². The van der Waals surface area contributed by atoms with Crippen molar-refractivity contribution in [1.29, 1.82) is 0 Å². The molecule has 0 saturated carbocycles. The van der Waals surface area contributed by atoms with E-state index in [0.29, 0.717) is 24.3 Å². The largest absolute Gasteiger partial charge is 0.327 e. The van der Waals surface area contributed by atoms with E-state index in [-0.39, 0.29) is 17.5 Å². The molecule has 0 unspecified atom stereocenters. The molecule has 8 heteroatoms. The van der Waals surface area contributed by atoms with Crippen LogP contribution < -0.4 is 9.62 Å². The van der Waals surface area contributed by atoms with Crippen LogP contribution >= 0.6 is 0 Å². The van der Waals surface area contributed by atoms with Gasteiger partial charge in [0.15, 0.2) is 5.03 Å². The maximum atomic E-state index is 13.0. The van der Waals surface area contributed by atoms with Crippen LogP contribution in [-0.4, -0.2) is 30.4 Å². The number of benzene rings is 2. The van der Waals surface area contributed by atoms with Crippen molar-refractivity contribution in [2.45, 2.75) is 24.9 Å². The first-order chi connectivity index (χ1) is 13.4. The fourth-order valence-corrected chi connectivity index (χ4v) is 4.76. The molecule has 1 N–H and O–H groups in total. The quantitative estimate of drug-likeness (QED) is 0.718. The summed E-state index contributed by atoms with van der Waals surface area (Å²) in [6.07, 6.45) is 3.44. The van der Waals surface area contributed by atoms with Crippen molar-refractivity contribution in [3.63, 3.8) is 0 Å². The number of rotatable bonds is 5. The van der Waals surface area contributed by atoms with E-state index in [0.717, 1.165) is 11.1 Å². The van der Waals surface area contributed by atoms with Crippen molar-refractivity contribution in [2.75, 3.05) is 16.2 Å². The second-order valence-electron chi connectivity index (χ2n) is 6.76. The van der Waals surface area contributed by atoms with Crippen LogP contribution in [0.2, 0.25) is 0 Å². The molecule has 0 spiro atoms. The summed E-state index contributed by atoms with van der Waals surface area (Å²) in [5, 5.41) is 2.74. The number of carbonyl (C=O) groups excluding carboxylic acids is 1. The molecule has 4 rings (SSSR count). The number of aromatic nitrogens is 2. The average molecular weight is 396 g/mol. The summed E-state index contributed by atoms with van der Waals surface area (Å²) in [6, 6.07) is 14.9. The Bertz CT molecular complexity index is 1140. The first-order valence-corrected chi connectivity index (χ1v) is 10.4. The Morgan fingerprint density at radius 3 is 2.82 bits per heavy atom. The minimum Gasteiger partial charge on any atom is -0.327 e. The van der Waals surface area contributed by atoms with Crippen LogP contribution in [0.3, 0.4) is 0 Å². The molecule has 0 fully saturated rings. The van der Waals surface area contributed by atoms with E-state index in [2.05, 4.69) is 10.3 Å². The predicted molar refractivity (Wildman–Crippen MR) is 107 cm³/mol. The maximum absolute atomic E-state index is 13.0. The molecule has 0 atom stereocenters. The molecule has 0 radical (unpaired) electrons. The smallest absolute Gasteiger partial charge is 0.283 e. The lowest BCUT2D eigenvalue weighted by atomic mass is 10.2. The molecule has 0 aliphatic carbocycles. The van der Waals surface area contributed by atoms with Crippen LogP contribution in [0.5, 0.6) is 0 Å². The molecule has 0 bridgehead atoms. The number of amides is 1. The minimum absolute atomic E-state index is 0.0208. The summed E-state index contributed by atoms with van der Waals surface area (Å²) in [7, 11) is -3.76. The SMILES string of the molecule is Cc1cccc(NC(=O)Cn2cnc(S(=O)(=O)N3CCc4ccccc43)c2)c1. The minimum atomic E-state index is -3.76. The first-order valence-electron chi connectivity index (χ1n) is 8.92. The number of sulfonamides is 1. The van der Waals surface area contributed by atoms with Gasteiger partial charge in [-0.15, -0.1) is 0 Å². The number of hydrogen-bond acceptors (Lipinski definition) is 4. The molecule has 1 aliphatic rings. The van der Waals surface area contributed by atoms with Crippen molar-refractivity contribution in [3.05, 3.63) is 72.2 Å². The normalized spacial score (nSPS) is 13.4. The molecular weight excluding hydrogens is 376 g/mol. The Kier molecular flexibility index (Phi) is 4.64. The Morgan fingerprint density at radius 1 is 1.18 bits per heavy atom. The van der Waals surface area contributed by atoms with Crippen molar-refractivity contribution in [3.8, 4) is 0 Å². The highest BCUT2D eigenvalue weighted by Gasteiger charge is 2.32. The lowest BCUT2D eigenvalue weighted by molar-refractivity contribution is -0.116. The zero-order valence-corrected chi connectivity index (χ0v) is 16.2. The Labute approximate surface area is 163 Å². The van der Waals surface area contributed by atoms with Crippen molar-refractivity contribution < 1.29 is 13.2 Å². The molecule has 1 aliphatic heterocycles. The summed E-state index contributed by atoms with van der Waals surface area (Å²) in [4.78, 5) is 16.3. The van der Waals surface area contributed by atoms with Gasteiger partial charge in [0.2, 0.25) is 5.91 Å². The molecule has 7 nitrogen and oxygen atoms in total. The molecule has 144 valence electrons. The van der Waals surface area contributed by atoms with Crippen molar-refractivity contribution in [2.24, 2.45) is 0 Å². The lowest BCUT2D eigenvalue weighted by Crippen LogP contribution is -2.29. The van der Waals surface area contributed by atoms with E-state index in [1.807, 2.05) is 43.3 Å². The topological polar surface area (TPSA) is 84.3 Å². The van der Waals surface area contributed by atoms with Gasteiger partial charge in [0, 0.05) is 18.4 Å². The highest BCUT2D eigenvalue weighted by atomic mass is 32.2. The van der Waals surface area contributed by atoms with Gasteiger partial charge in [0.25, 0.3) is 10.0 Å². The van der Waals surface area contributed by atoms with E-state index >= 15 is 0 Å². The van der Waals surface area contributed by atoms with Gasteiger partial charge in [0.1, 0.15) is 6.54 Å². The highest BCUT2D eigenvalue weighted by molar-refractivity contribution is 7.92. The Hall–Kier alpha value is -3.13. The second kappa shape index (κ2) is 7.12. The number of imidazole rings is 1. The second-order valence-corrected chi connectivity index (χ2v) is 8.57. The molecule has 2 aromatic carbocycles. The highest BCUT2D eigenvalue weighted by Crippen LogP contribution is 2.32. The summed E-state index contributed by atoms with van der Waals surface area (Å²) in [6.45, 7) is 2.31. The van der Waals surface area contributed by atoms with Gasteiger partial charge in [-0.25, -0.2) is 4.98 Å². The number of nitrogens with one attached hydrogen (secondary N) is 1. The molecule has 2 heterocycles. The predicted octanol–water partition coefficient (Wildman–Crippen LogP) is 2.58. The van der Waals surface area contributed by atoms with E-state index in [9.17, 15) is 13.2 Å². The van der Waals surface area contributed by atoms with Gasteiger partial charge in [0.05, 0.1) is 12.0 Å². The maximum Gasteiger partial charge on any atom is 0.283 e. The third kappa shape index (κ3) is 3.50. The molecular formula is C20H20N4O3S. The molecule has 3 aromatic rings. The van der Waals surface area contributed by atoms with Gasteiger partial charge in [-0.3, -0.25) is 9.10 Å². The summed E-state index contributed by atoms with van der Waals surface area (Å²) < 4.78 is 28.8. The van der Waals surface area contributed by atoms with Crippen LogP contribution in [0.4, 0.5) is 11.4 Å². The Morgan fingerprint density at radius 2 is 2.00 bits per heavy atom. The van der Waals surface area contributed by atoms with E-state index < -0.39 is 10.0 Å². The average Bonchev–Trinajstić information content (AvgIpc) is 3.29. The van der Waals surface area contributed by atoms with Crippen LogP contribution in [0.15, 0.2) is 66.1 Å². The van der Waals surface area contributed by atoms with Gasteiger partial charge < -0.3 is 9.88 Å². The molecule has 1 amide bonds. The van der Waals surface area contributed by atoms with Gasteiger partial charge in [-0.05, 0) is 42.7 Å². The Balaban J connectivity index is 1.49. The number of hydrogen-bond donors (Lipinski definition) is 1. The van der Waals surface area contributed by atoms with E-state index in [1.165, 1.54) is 21.4 Å². The fourth-order valence-electron chi connectivity index (χ4n) is 3.32. The number of carbonyl (C=O) groups is 1. The number of para-hydroxylation sites is 1. The van der Waals surface area contributed by atoms with Crippen LogP contribution in [0.1, 0.15) is 11.1 Å². The number of anilines is 2. The zero-order chi connectivity index (χ0) is 19.7. The first kappa shape index (κ1) is 18.2. The standard InChI is InChI=1S/C20H20N4O3S/c1-15-5-4-7-17(11-15)22-19(25)12-23-13-20(21-14-23)28(26,27)24-10-9-16-6-2-3-8-18(16)24/h2-8,11,13-14H,9-10,12H2,1H3,(H,22,25). The number of nitrogens with zero attached hydrogens (tertiary/aromatic N) is 3. The summed E-state index contributed by atoms with van der Waals surface area (Å²) in [5.74, 6) is -0.251. The summed E-state index contributed by atoms with van der Waals surface area (Å²) >= 11 is 0. The van der Waals surface area contributed by atoms with Crippen molar-refractivity contribution in [1.82, 2.24) is 9.55 Å². The van der Waals surface area contributed by atoms with Crippen molar-refractivity contribution >= 4 is 27.3 Å². The van der Waals surface area contributed by atoms with E-state index in [1.54, 1.807) is 12.1 Å². The van der Waals surface area contributed by atoms with Crippen LogP contribution in [-0.2, 0) is 27.8 Å². The molecule has 28 heavy (non-hydrogen) atoms. The number of aryl methyl sites for hydroxylation is 1. The van der Waals surface area contributed by atoms with Crippen LogP contribution in [0.25, 0.3) is 0 Å². The van der Waals surface area contributed by atoms with Gasteiger partial charge in [-0.1, -0.05) is 30.3 Å². The summed E-state index contributed by atoms with van der Waals surface area (Å²) in [5.41, 5.74) is 3.43. The lowest BCUT2D eigenvalue weighted by Gasteiger charge is -2.17. The zero-order valence-electron chi connectivity index (χ0n) is 15.4. The number of fused-ring (bicyclic) bond motifs is 1. The fraction of sp³-hybridized carbons (Fsp3) is 0.200. The monoisotopic (exact) mass is 396 g/mol. The molecule has 1 aromatic heterocycles.